The number of rotatable bonds is 0. The van der Waals surface area contributed by atoms with Crippen molar-refractivity contribution in [2.24, 2.45) is 4.72 Å². The van der Waals surface area contributed by atoms with Crippen LogP contribution in [0.2, 0.25) is 4.28 Å². The molecule has 1 nitrogen and oxygen atoms in total. The van der Waals surface area contributed by atoms with Crippen molar-refractivity contribution in [3.63, 3.8) is 0 Å². The van der Waals surface area contributed by atoms with Gasteiger partial charge in [0.2, 0.25) is 0 Å². The summed E-state index contributed by atoms with van der Waals surface area (Å²) < 4.78 is 5.13. The summed E-state index contributed by atoms with van der Waals surface area (Å²) in [7, 11) is 13.4. The third-order valence-electron chi connectivity index (χ3n) is 1.05. The molecule has 0 aliphatic heterocycles. The minimum atomic E-state index is -3.77. The van der Waals surface area contributed by atoms with Crippen LogP contribution in [0, 0.1) is 0 Å². The summed E-state index contributed by atoms with van der Waals surface area (Å²) in [4.78, 5) is 0. The third kappa shape index (κ3) is 2.84. The molecule has 2 N–H and O–H groups in total. The van der Waals surface area contributed by atoms with Gasteiger partial charge in [0.25, 0.3) is 0 Å². The van der Waals surface area contributed by atoms with Crippen LogP contribution in [0.5, 0.6) is 0 Å². The van der Waals surface area contributed by atoms with Crippen molar-refractivity contribution in [3.8, 4) is 0 Å². The first-order chi connectivity index (χ1) is 3.51. The van der Waals surface area contributed by atoms with Gasteiger partial charge >= 0.3 is 69.4 Å². The predicted octanol–water partition coefficient (Wildman–Crippen LogP) is 3.23. The molecule has 0 aromatic rings. The second kappa shape index (κ2) is 2.17. The van der Waals surface area contributed by atoms with Gasteiger partial charge in [-0.25, -0.2) is 0 Å². The zero-order chi connectivity index (χ0) is 7.95. The Kier molecular flexibility index (Phi) is 2.50. The van der Waals surface area contributed by atoms with Crippen molar-refractivity contribution in [3.05, 3.63) is 0 Å². The van der Waals surface area contributed by atoms with E-state index in [4.69, 9.17) is 34.9 Å². The van der Waals surface area contributed by atoms with Crippen LogP contribution < -0.4 is 4.72 Å². The first-order valence-electron chi connectivity index (χ1n) is 2.40. The summed E-state index contributed by atoms with van der Waals surface area (Å²) in [5.74, 6) is 0. The van der Waals surface area contributed by atoms with E-state index in [1.807, 2.05) is 20.8 Å². The Morgan fingerprint density at radius 3 is 1.22 bits per heavy atom. The molecular formula is C4H11Cl3CrN. The number of nitrogens with two attached hydrogens (primary N) is 1. The van der Waals surface area contributed by atoms with Gasteiger partial charge in [0, 0.05) is 0 Å². The first-order valence-corrected chi connectivity index (χ1v) is 9.04. The van der Waals surface area contributed by atoms with Crippen LogP contribution in [-0.4, -0.2) is 0 Å². The molecule has 0 atom stereocenters. The third-order valence-corrected chi connectivity index (χ3v) is 10.0. The molecule has 9 heavy (non-hydrogen) atoms. The summed E-state index contributed by atoms with van der Waals surface area (Å²) in [6.45, 7) is 5.50. The molecule has 0 spiro atoms. The Morgan fingerprint density at radius 1 is 1.11 bits per heavy atom. The average Bonchev–Trinajstić information content (AvgIpc) is 1.20. The summed E-state index contributed by atoms with van der Waals surface area (Å²) in [5.41, 5.74) is 0. The van der Waals surface area contributed by atoms with E-state index in [1.165, 1.54) is 0 Å². The van der Waals surface area contributed by atoms with E-state index in [-0.39, 0.29) is 4.28 Å². The molecule has 0 fully saturated rings. The summed E-state index contributed by atoms with van der Waals surface area (Å²) in [5, 5.41) is 0. The molecule has 0 heterocycles. The number of hydrogen-bond acceptors (Lipinski definition) is 1. The second-order valence-corrected chi connectivity index (χ2v) is 17.2. The Hall–Kier alpha value is 1.36. The van der Waals surface area contributed by atoms with Crippen LogP contribution in [0.3, 0.4) is 0 Å². The zero-order valence-corrected chi connectivity index (χ0v) is 9.16. The maximum atomic E-state index is 5.74. The van der Waals surface area contributed by atoms with Crippen molar-refractivity contribution in [1.29, 1.82) is 0 Å². The minimum absolute atomic E-state index is 0.384. The summed E-state index contributed by atoms with van der Waals surface area (Å²) in [6.07, 6.45) is 0. The van der Waals surface area contributed by atoms with Crippen molar-refractivity contribution in [2.75, 3.05) is 0 Å². The molecule has 0 bridgehead atoms. The predicted molar refractivity (Wildman–Crippen MR) is 41.5 cm³/mol. The van der Waals surface area contributed by atoms with Crippen LogP contribution >= 0.6 is 30.1 Å². The van der Waals surface area contributed by atoms with E-state index >= 15 is 0 Å². The first kappa shape index (κ1) is 10.4. The second-order valence-electron chi connectivity index (χ2n) is 2.90. The maximum absolute atomic E-state index is 5.74. The Labute approximate surface area is 69.3 Å². The van der Waals surface area contributed by atoms with E-state index < -0.39 is 9.46 Å². The standard InChI is InChI=1S/C4H9.3ClH.Cr.H2N/c1-4(2)3;;;;;/h1-3H3;3*1H;;1H2/q;;;;+4;-1/p-3. The van der Waals surface area contributed by atoms with Crippen LogP contribution in [0.1, 0.15) is 20.8 Å². The van der Waals surface area contributed by atoms with E-state index in [9.17, 15) is 0 Å². The molecule has 0 rings (SSSR count). The average molecular weight is 231 g/mol. The van der Waals surface area contributed by atoms with Gasteiger partial charge in [-0.2, -0.15) is 0 Å². The zero-order valence-electron chi connectivity index (χ0n) is 5.62. The molecule has 0 saturated heterocycles. The fourth-order valence-corrected chi connectivity index (χ4v) is 0. The van der Waals surface area contributed by atoms with Gasteiger partial charge in [-0.15, -0.1) is 0 Å². The normalized spacial score (nSPS) is 18.8. The molecule has 0 saturated carbocycles. The van der Waals surface area contributed by atoms with Gasteiger partial charge in [-0.05, 0) is 0 Å². The molecular weight excluding hydrogens is 220 g/mol. The fourth-order valence-electron chi connectivity index (χ4n) is 0. The molecule has 0 aromatic heterocycles. The molecule has 59 valence electrons. The van der Waals surface area contributed by atoms with E-state index in [0.29, 0.717) is 0 Å². The van der Waals surface area contributed by atoms with E-state index in [1.54, 1.807) is 0 Å². The molecule has 0 aliphatic rings. The van der Waals surface area contributed by atoms with Crippen molar-refractivity contribution in [1.82, 2.24) is 0 Å². The van der Waals surface area contributed by atoms with Gasteiger partial charge < -0.3 is 0 Å². The number of hydrogen-bond donors (Lipinski definition) is 1. The topological polar surface area (TPSA) is 26.0 Å². The Bertz CT molecular complexity index is 111. The number of halogens is 3. The monoisotopic (exact) mass is 230 g/mol. The molecule has 0 unspecified atom stereocenters. The van der Waals surface area contributed by atoms with Gasteiger partial charge in [0.15, 0.2) is 0 Å². The van der Waals surface area contributed by atoms with Crippen molar-refractivity contribution >= 4 is 30.1 Å². The summed E-state index contributed by atoms with van der Waals surface area (Å²) >= 11 is 0. The summed E-state index contributed by atoms with van der Waals surface area (Å²) in [6, 6.07) is 0. The van der Waals surface area contributed by atoms with Crippen LogP contribution in [0.4, 0.5) is 0 Å². The molecule has 0 aliphatic carbocycles. The SMILES string of the molecule is C[C](C)(C)[Cr]([NH2])([Cl])([Cl])[Cl]. The fraction of sp³-hybridized carbons (Fsp3) is 1.00. The molecule has 0 radical (unpaired) electrons. The van der Waals surface area contributed by atoms with E-state index in [2.05, 4.69) is 0 Å². The van der Waals surface area contributed by atoms with Crippen molar-refractivity contribution in [2.45, 2.75) is 25.0 Å². The van der Waals surface area contributed by atoms with Crippen molar-refractivity contribution < 1.29 is 9.46 Å². The molecule has 0 aromatic carbocycles. The molecule has 5 heteroatoms. The van der Waals surface area contributed by atoms with Crippen LogP contribution in [-0.2, 0) is 9.46 Å². The van der Waals surface area contributed by atoms with E-state index in [0.717, 1.165) is 0 Å². The van der Waals surface area contributed by atoms with Gasteiger partial charge in [0.1, 0.15) is 0 Å². The quantitative estimate of drug-likeness (QED) is 0.680. The van der Waals surface area contributed by atoms with Gasteiger partial charge in [0.05, 0.1) is 0 Å². The van der Waals surface area contributed by atoms with Crippen LogP contribution in [0.25, 0.3) is 0 Å². The van der Waals surface area contributed by atoms with Gasteiger partial charge in [-0.1, -0.05) is 0 Å². The Balaban J connectivity index is 4.56. The van der Waals surface area contributed by atoms with Crippen LogP contribution in [0.15, 0.2) is 0 Å². The van der Waals surface area contributed by atoms with Gasteiger partial charge in [-0.3, -0.25) is 0 Å². The Morgan fingerprint density at radius 2 is 1.22 bits per heavy atom. The molecule has 0 amide bonds.